The molecular formula is C14H15NO. The summed E-state index contributed by atoms with van der Waals surface area (Å²) in [6.07, 6.45) is 3.13. The van der Waals surface area contributed by atoms with Gasteiger partial charge in [0, 0.05) is 18.3 Å². The van der Waals surface area contributed by atoms with Crippen LogP contribution in [-0.2, 0) is 0 Å². The second kappa shape index (κ2) is 4.90. The fourth-order valence-corrected chi connectivity index (χ4v) is 1.97. The molecule has 0 saturated heterocycles. The largest absolute Gasteiger partial charge is 0.392 e. The van der Waals surface area contributed by atoms with Crippen LogP contribution in [0.4, 0.5) is 0 Å². The zero-order chi connectivity index (χ0) is 11.4. The maximum Gasteiger partial charge on any atom is 0.0621 e. The number of benzene rings is 1. The first-order valence-electron chi connectivity index (χ1n) is 5.42. The van der Waals surface area contributed by atoms with Crippen molar-refractivity contribution >= 4 is 0 Å². The molecule has 0 aliphatic rings. The van der Waals surface area contributed by atoms with Crippen molar-refractivity contribution in [2.75, 3.05) is 0 Å². The molecule has 2 heteroatoms. The summed E-state index contributed by atoms with van der Waals surface area (Å²) in [5, 5.41) is 9.89. The lowest BCUT2D eigenvalue weighted by molar-refractivity contribution is 0.176. The smallest absolute Gasteiger partial charge is 0.0621 e. The average Bonchev–Trinajstić information content (AvgIpc) is 2.31. The summed E-state index contributed by atoms with van der Waals surface area (Å²) in [6.45, 7) is 1.81. The van der Waals surface area contributed by atoms with E-state index in [-0.39, 0.29) is 5.92 Å². The lowest BCUT2D eigenvalue weighted by Crippen LogP contribution is -2.16. The van der Waals surface area contributed by atoms with Crippen molar-refractivity contribution in [1.82, 2.24) is 4.98 Å². The highest BCUT2D eigenvalue weighted by molar-refractivity contribution is 5.31. The Hall–Kier alpha value is -1.67. The van der Waals surface area contributed by atoms with Crippen molar-refractivity contribution in [2.24, 2.45) is 0 Å². The molecule has 2 rings (SSSR count). The van der Waals surface area contributed by atoms with Gasteiger partial charge in [0.1, 0.15) is 0 Å². The zero-order valence-electron chi connectivity index (χ0n) is 9.25. The predicted molar refractivity (Wildman–Crippen MR) is 64.2 cm³/mol. The minimum atomic E-state index is -0.424. The molecule has 0 bridgehead atoms. The molecule has 0 saturated carbocycles. The molecule has 0 fully saturated rings. The number of rotatable bonds is 3. The number of aliphatic hydroxyl groups excluding tert-OH is 1. The van der Waals surface area contributed by atoms with E-state index in [0.29, 0.717) is 0 Å². The molecule has 82 valence electrons. The Labute approximate surface area is 95.6 Å². The Balaban J connectivity index is 2.40. The summed E-state index contributed by atoms with van der Waals surface area (Å²) in [4.78, 5) is 4.10. The first kappa shape index (κ1) is 10.8. The maximum atomic E-state index is 9.89. The third-order valence-electron chi connectivity index (χ3n) is 2.68. The van der Waals surface area contributed by atoms with Crippen molar-refractivity contribution in [1.29, 1.82) is 0 Å². The number of aromatic nitrogens is 1. The molecule has 0 spiro atoms. The monoisotopic (exact) mass is 213 g/mol. The van der Waals surface area contributed by atoms with Gasteiger partial charge in [-0.1, -0.05) is 36.4 Å². The maximum absolute atomic E-state index is 9.89. The number of hydrogen-bond donors (Lipinski definition) is 1. The molecule has 1 aromatic heterocycles. The Morgan fingerprint density at radius 2 is 1.69 bits per heavy atom. The number of hydrogen-bond acceptors (Lipinski definition) is 2. The molecule has 2 unspecified atom stereocenters. The standard InChI is InChI=1S/C14H15NO/c1-11(16)14(12-6-3-2-4-7-12)13-8-5-9-15-10-13/h2-11,14,16H,1H3. The van der Waals surface area contributed by atoms with Crippen LogP contribution in [0.15, 0.2) is 54.9 Å². The third-order valence-corrected chi connectivity index (χ3v) is 2.68. The highest BCUT2D eigenvalue weighted by atomic mass is 16.3. The van der Waals surface area contributed by atoms with Gasteiger partial charge < -0.3 is 5.11 Å². The van der Waals surface area contributed by atoms with Crippen molar-refractivity contribution in [3.8, 4) is 0 Å². The molecule has 2 atom stereocenters. The number of nitrogens with zero attached hydrogens (tertiary/aromatic N) is 1. The SMILES string of the molecule is CC(O)C(c1ccccc1)c1cccnc1. The Bertz CT molecular complexity index is 386. The van der Waals surface area contributed by atoms with Crippen molar-refractivity contribution < 1.29 is 5.11 Å². The normalized spacial score (nSPS) is 14.4. The minimum absolute atomic E-state index is 0.00472. The third kappa shape index (κ3) is 2.28. The van der Waals surface area contributed by atoms with Gasteiger partial charge in [0.15, 0.2) is 0 Å². The molecule has 0 amide bonds. The molecule has 0 aliphatic heterocycles. The highest BCUT2D eigenvalue weighted by Gasteiger charge is 2.19. The van der Waals surface area contributed by atoms with Crippen molar-refractivity contribution in [2.45, 2.75) is 18.9 Å². The van der Waals surface area contributed by atoms with E-state index in [9.17, 15) is 5.11 Å². The molecular weight excluding hydrogens is 198 g/mol. The van der Waals surface area contributed by atoms with Crippen LogP contribution < -0.4 is 0 Å². The molecule has 2 aromatic rings. The summed E-state index contributed by atoms with van der Waals surface area (Å²) in [6, 6.07) is 13.9. The van der Waals surface area contributed by atoms with Crippen LogP contribution in [0.1, 0.15) is 24.0 Å². The lowest BCUT2D eigenvalue weighted by Gasteiger charge is -2.20. The first-order valence-corrected chi connectivity index (χ1v) is 5.42. The van der Waals surface area contributed by atoms with Gasteiger partial charge in [0.05, 0.1) is 6.10 Å². The van der Waals surface area contributed by atoms with E-state index in [0.717, 1.165) is 11.1 Å². The molecule has 1 N–H and O–H groups in total. The Kier molecular flexibility index (Phi) is 3.32. The van der Waals surface area contributed by atoms with Gasteiger partial charge >= 0.3 is 0 Å². The van der Waals surface area contributed by atoms with Gasteiger partial charge in [-0.2, -0.15) is 0 Å². The minimum Gasteiger partial charge on any atom is -0.392 e. The van der Waals surface area contributed by atoms with Crippen LogP contribution >= 0.6 is 0 Å². The summed E-state index contributed by atoms with van der Waals surface area (Å²) in [7, 11) is 0. The molecule has 16 heavy (non-hydrogen) atoms. The Morgan fingerprint density at radius 1 is 1.00 bits per heavy atom. The van der Waals surface area contributed by atoms with Crippen LogP contribution in [0, 0.1) is 0 Å². The van der Waals surface area contributed by atoms with Crippen LogP contribution in [-0.4, -0.2) is 16.2 Å². The Morgan fingerprint density at radius 3 is 2.25 bits per heavy atom. The number of pyridine rings is 1. The summed E-state index contributed by atoms with van der Waals surface area (Å²) in [5.41, 5.74) is 2.16. The zero-order valence-corrected chi connectivity index (χ0v) is 9.25. The molecule has 0 radical (unpaired) electrons. The molecule has 0 aliphatic carbocycles. The van der Waals surface area contributed by atoms with Gasteiger partial charge in [-0.25, -0.2) is 0 Å². The summed E-state index contributed by atoms with van der Waals surface area (Å²) >= 11 is 0. The second-order valence-corrected chi connectivity index (χ2v) is 3.92. The topological polar surface area (TPSA) is 33.1 Å². The van der Waals surface area contributed by atoms with Crippen LogP contribution in [0.2, 0.25) is 0 Å². The van der Waals surface area contributed by atoms with Gasteiger partial charge in [-0.05, 0) is 24.1 Å². The molecule has 1 aromatic carbocycles. The quantitative estimate of drug-likeness (QED) is 0.850. The van der Waals surface area contributed by atoms with Crippen molar-refractivity contribution in [3.63, 3.8) is 0 Å². The van der Waals surface area contributed by atoms with Crippen LogP contribution in [0.3, 0.4) is 0 Å². The van der Waals surface area contributed by atoms with Crippen LogP contribution in [0.25, 0.3) is 0 Å². The van der Waals surface area contributed by atoms with E-state index in [2.05, 4.69) is 4.98 Å². The van der Waals surface area contributed by atoms with E-state index in [4.69, 9.17) is 0 Å². The van der Waals surface area contributed by atoms with E-state index >= 15 is 0 Å². The molecule has 2 nitrogen and oxygen atoms in total. The van der Waals surface area contributed by atoms with Gasteiger partial charge in [-0.15, -0.1) is 0 Å². The van der Waals surface area contributed by atoms with Crippen LogP contribution in [0.5, 0.6) is 0 Å². The molecule has 1 heterocycles. The predicted octanol–water partition coefficient (Wildman–Crippen LogP) is 2.59. The number of aliphatic hydroxyl groups is 1. The van der Waals surface area contributed by atoms with E-state index < -0.39 is 6.10 Å². The fraction of sp³-hybridized carbons (Fsp3) is 0.214. The first-order chi connectivity index (χ1) is 7.79. The second-order valence-electron chi connectivity index (χ2n) is 3.92. The highest BCUT2D eigenvalue weighted by Crippen LogP contribution is 2.27. The average molecular weight is 213 g/mol. The lowest BCUT2D eigenvalue weighted by atomic mass is 9.88. The van der Waals surface area contributed by atoms with E-state index in [1.807, 2.05) is 55.6 Å². The van der Waals surface area contributed by atoms with Crippen molar-refractivity contribution in [3.05, 3.63) is 66.0 Å². The van der Waals surface area contributed by atoms with E-state index in [1.165, 1.54) is 0 Å². The summed E-state index contributed by atoms with van der Waals surface area (Å²) in [5.74, 6) is -0.00472. The fourth-order valence-electron chi connectivity index (χ4n) is 1.97. The van der Waals surface area contributed by atoms with Gasteiger partial charge in [-0.3, -0.25) is 4.98 Å². The van der Waals surface area contributed by atoms with E-state index in [1.54, 1.807) is 6.20 Å². The van der Waals surface area contributed by atoms with Gasteiger partial charge in [0.25, 0.3) is 0 Å². The summed E-state index contributed by atoms with van der Waals surface area (Å²) < 4.78 is 0. The van der Waals surface area contributed by atoms with Gasteiger partial charge in [0.2, 0.25) is 0 Å².